The van der Waals surface area contributed by atoms with Crippen LogP contribution in [0.25, 0.3) is 0 Å². The van der Waals surface area contributed by atoms with Gasteiger partial charge in [-0.1, -0.05) is 26.2 Å². The monoisotopic (exact) mass is 298 g/mol. The summed E-state index contributed by atoms with van der Waals surface area (Å²) in [5, 5.41) is 0.640. The number of likely N-dealkylation sites (N-methyl/N-ethyl adjacent to an activating group) is 1. The molecule has 0 spiro atoms. The summed E-state index contributed by atoms with van der Waals surface area (Å²) in [4.78, 5) is 17.2. The molecule has 1 saturated heterocycles. The predicted molar refractivity (Wildman–Crippen MR) is 87.2 cm³/mol. The molecule has 3 nitrogen and oxygen atoms in total. The first kappa shape index (κ1) is 16.2. The van der Waals surface area contributed by atoms with Gasteiger partial charge in [-0.2, -0.15) is 11.8 Å². The van der Waals surface area contributed by atoms with Gasteiger partial charge in [0.25, 0.3) is 0 Å². The smallest absolute Gasteiger partial charge is 0.236 e. The van der Waals surface area contributed by atoms with Crippen LogP contribution >= 0.6 is 11.8 Å². The molecule has 116 valence electrons. The van der Waals surface area contributed by atoms with Crippen LogP contribution in [0, 0.1) is 0 Å². The number of amides is 1. The van der Waals surface area contributed by atoms with E-state index in [0.717, 1.165) is 18.8 Å². The number of carbonyl (C=O) groups is 1. The predicted octanol–water partition coefficient (Wildman–Crippen LogP) is 2.99. The van der Waals surface area contributed by atoms with Crippen LogP contribution in [0.5, 0.6) is 0 Å². The summed E-state index contributed by atoms with van der Waals surface area (Å²) in [6.45, 7) is 9.23. The molecule has 1 amide bonds. The summed E-state index contributed by atoms with van der Waals surface area (Å²) in [6.07, 6.45) is 6.35. The van der Waals surface area contributed by atoms with E-state index in [-0.39, 0.29) is 0 Å². The fourth-order valence-corrected chi connectivity index (χ4v) is 4.68. The molecule has 1 aliphatic carbocycles. The van der Waals surface area contributed by atoms with Crippen LogP contribution in [0.15, 0.2) is 0 Å². The molecule has 0 bridgehead atoms. The maximum absolute atomic E-state index is 12.7. The third-order valence-electron chi connectivity index (χ3n) is 5.03. The summed E-state index contributed by atoms with van der Waals surface area (Å²) in [7, 11) is 0. The molecule has 0 aromatic heterocycles. The third-order valence-corrected chi connectivity index (χ3v) is 6.37. The normalized spacial score (nSPS) is 29.4. The van der Waals surface area contributed by atoms with Crippen molar-refractivity contribution in [1.82, 2.24) is 9.80 Å². The lowest BCUT2D eigenvalue weighted by molar-refractivity contribution is -0.135. The molecular formula is C16H30N2OS. The minimum atomic E-state index is 0.352. The second-order valence-electron chi connectivity index (χ2n) is 6.26. The van der Waals surface area contributed by atoms with E-state index in [9.17, 15) is 4.79 Å². The number of thioether (sulfide) groups is 1. The van der Waals surface area contributed by atoms with Crippen LogP contribution in [-0.4, -0.2) is 58.4 Å². The number of hydrogen-bond donors (Lipinski definition) is 0. The Hall–Kier alpha value is -0.220. The summed E-state index contributed by atoms with van der Waals surface area (Å²) < 4.78 is 0. The lowest BCUT2D eigenvalue weighted by Gasteiger charge is -2.40. The molecule has 2 fully saturated rings. The molecule has 20 heavy (non-hydrogen) atoms. The van der Waals surface area contributed by atoms with Crippen molar-refractivity contribution in [3.63, 3.8) is 0 Å². The van der Waals surface area contributed by atoms with Gasteiger partial charge in [0.15, 0.2) is 0 Å². The summed E-state index contributed by atoms with van der Waals surface area (Å²) in [6, 6.07) is 1.02. The van der Waals surface area contributed by atoms with Gasteiger partial charge < -0.3 is 4.90 Å². The quantitative estimate of drug-likeness (QED) is 0.797. The van der Waals surface area contributed by atoms with Gasteiger partial charge in [0.2, 0.25) is 5.91 Å². The van der Waals surface area contributed by atoms with Gasteiger partial charge in [-0.25, -0.2) is 0 Å². The first-order valence-electron chi connectivity index (χ1n) is 8.28. The number of rotatable bonds is 4. The van der Waals surface area contributed by atoms with Crippen molar-refractivity contribution >= 4 is 17.7 Å². The van der Waals surface area contributed by atoms with E-state index in [0.29, 0.717) is 29.8 Å². The zero-order chi connectivity index (χ0) is 14.5. The van der Waals surface area contributed by atoms with Crippen molar-refractivity contribution in [1.29, 1.82) is 0 Å². The largest absolute Gasteiger partial charge is 0.339 e. The Morgan fingerprint density at radius 1 is 1.25 bits per heavy atom. The van der Waals surface area contributed by atoms with Crippen molar-refractivity contribution in [3.8, 4) is 0 Å². The molecule has 1 saturated carbocycles. The summed E-state index contributed by atoms with van der Waals surface area (Å²) >= 11 is 2.03. The van der Waals surface area contributed by atoms with Gasteiger partial charge >= 0.3 is 0 Å². The van der Waals surface area contributed by atoms with E-state index in [4.69, 9.17) is 0 Å². The fourth-order valence-electron chi connectivity index (χ4n) is 3.51. The number of carbonyl (C=O) groups excluding carboxylic acids is 1. The van der Waals surface area contributed by atoms with E-state index in [1.54, 1.807) is 0 Å². The van der Waals surface area contributed by atoms with Gasteiger partial charge in [0, 0.05) is 36.2 Å². The highest BCUT2D eigenvalue weighted by Crippen LogP contribution is 2.25. The molecule has 4 heteroatoms. The number of hydrogen-bond acceptors (Lipinski definition) is 3. The molecule has 0 radical (unpaired) electrons. The molecule has 2 unspecified atom stereocenters. The average molecular weight is 298 g/mol. The lowest BCUT2D eigenvalue weighted by atomic mass is 9.94. The molecule has 0 aromatic carbocycles. The van der Waals surface area contributed by atoms with Crippen LogP contribution < -0.4 is 0 Å². The highest BCUT2D eigenvalue weighted by molar-refractivity contribution is 8.00. The molecule has 1 aliphatic heterocycles. The highest BCUT2D eigenvalue weighted by atomic mass is 32.2. The Morgan fingerprint density at radius 2 is 1.95 bits per heavy atom. The Kier molecular flexibility index (Phi) is 6.21. The van der Waals surface area contributed by atoms with Crippen LogP contribution in [0.1, 0.15) is 52.9 Å². The standard InChI is InChI=1S/C16H30N2OS/c1-4-18(15-8-6-5-7-9-15)16(19)12-17-10-11-20-14(3)13(17)2/h13-15H,4-12H2,1-3H3. The average Bonchev–Trinajstić information content (AvgIpc) is 2.46. The molecule has 0 N–H and O–H groups in total. The lowest BCUT2D eigenvalue weighted by Crippen LogP contribution is -2.51. The molecule has 1 heterocycles. The van der Waals surface area contributed by atoms with E-state index in [1.165, 1.54) is 32.1 Å². The fraction of sp³-hybridized carbons (Fsp3) is 0.938. The van der Waals surface area contributed by atoms with E-state index >= 15 is 0 Å². The van der Waals surface area contributed by atoms with Gasteiger partial charge in [-0.3, -0.25) is 9.69 Å². The SMILES string of the molecule is CCN(C(=O)CN1CCSC(C)C1C)C1CCCCC1. The molecule has 2 rings (SSSR count). The summed E-state index contributed by atoms with van der Waals surface area (Å²) in [5.74, 6) is 1.51. The van der Waals surface area contributed by atoms with Crippen molar-refractivity contribution in [2.24, 2.45) is 0 Å². The minimum absolute atomic E-state index is 0.352. The van der Waals surface area contributed by atoms with Crippen LogP contribution in [-0.2, 0) is 4.79 Å². The number of nitrogens with zero attached hydrogens (tertiary/aromatic N) is 2. The van der Waals surface area contributed by atoms with Crippen LogP contribution in [0.4, 0.5) is 0 Å². The maximum atomic E-state index is 12.7. The Bertz CT molecular complexity index is 318. The van der Waals surface area contributed by atoms with Crippen LogP contribution in [0.2, 0.25) is 0 Å². The van der Waals surface area contributed by atoms with E-state index in [2.05, 4.69) is 30.6 Å². The van der Waals surface area contributed by atoms with Crippen LogP contribution in [0.3, 0.4) is 0 Å². The van der Waals surface area contributed by atoms with E-state index < -0.39 is 0 Å². The second kappa shape index (κ2) is 7.69. The minimum Gasteiger partial charge on any atom is -0.339 e. The van der Waals surface area contributed by atoms with Crippen molar-refractivity contribution < 1.29 is 4.79 Å². The molecule has 0 aromatic rings. The van der Waals surface area contributed by atoms with Gasteiger partial charge in [-0.15, -0.1) is 0 Å². The van der Waals surface area contributed by atoms with Gasteiger partial charge in [0.05, 0.1) is 6.54 Å². The topological polar surface area (TPSA) is 23.6 Å². The zero-order valence-electron chi connectivity index (χ0n) is 13.3. The van der Waals surface area contributed by atoms with Crippen molar-refractivity contribution in [2.75, 3.05) is 25.4 Å². The second-order valence-corrected chi connectivity index (χ2v) is 7.74. The first-order valence-corrected chi connectivity index (χ1v) is 9.33. The molecule has 2 atom stereocenters. The highest BCUT2D eigenvalue weighted by Gasteiger charge is 2.30. The molecule has 2 aliphatic rings. The van der Waals surface area contributed by atoms with Gasteiger partial charge in [0.1, 0.15) is 0 Å². The third kappa shape index (κ3) is 3.91. The molecular weight excluding hydrogens is 268 g/mol. The Balaban J connectivity index is 1.91. The van der Waals surface area contributed by atoms with Gasteiger partial charge in [-0.05, 0) is 26.7 Å². The zero-order valence-corrected chi connectivity index (χ0v) is 14.1. The Morgan fingerprint density at radius 3 is 2.60 bits per heavy atom. The van der Waals surface area contributed by atoms with E-state index in [1.807, 2.05) is 11.8 Å². The summed E-state index contributed by atoms with van der Waals surface area (Å²) in [5.41, 5.74) is 0. The maximum Gasteiger partial charge on any atom is 0.236 e. The van der Waals surface area contributed by atoms with Crippen molar-refractivity contribution in [2.45, 2.75) is 70.2 Å². The first-order chi connectivity index (χ1) is 9.63. The Labute approximate surface area is 128 Å². The van der Waals surface area contributed by atoms with Crippen molar-refractivity contribution in [3.05, 3.63) is 0 Å².